The molecular weight excluding hydrogens is 258 g/mol. The molecular formula is C14H17N3OS. The van der Waals surface area contributed by atoms with Crippen molar-refractivity contribution in [1.29, 1.82) is 0 Å². The van der Waals surface area contributed by atoms with Gasteiger partial charge in [0.05, 0.1) is 0 Å². The normalized spacial score (nSPS) is 16.3. The van der Waals surface area contributed by atoms with Gasteiger partial charge in [-0.25, -0.2) is 4.98 Å². The minimum atomic E-state index is 0.00201. The molecule has 2 heterocycles. The molecule has 3 rings (SSSR count). The quantitative estimate of drug-likeness (QED) is 0.912. The monoisotopic (exact) mass is 275 g/mol. The first-order valence-corrected chi connectivity index (χ1v) is 7.53. The van der Waals surface area contributed by atoms with E-state index in [9.17, 15) is 4.79 Å². The van der Waals surface area contributed by atoms with Crippen molar-refractivity contribution in [3.8, 4) is 0 Å². The summed E-state index contributed by atoms with van der Waals surface area (Å²) in [6, 6.07) is 2.71. The van der Waals surface area contributed by atoms with E-state index >= 15 is 0 Å². The van der Waals surface area contributed by atoms with Crippen LogP contribution in [0.5, 0.6) is 0 Å². The fourth-order valence-electron chi connectivity index (χ4n) is 2.21. The number of nitrogens with one attached hydrogen (secondary N) is 1. The first kappa shape index (κ1) is 12.4. The van der Waals surface area contributed by atoms with Crippen molar-refractivity contribution in [1.82, 2.24) is 9.55 Å². The molecule has 0 aliphatic heterocycles. The maximum absolute atomic E-state index is 12.2. The van der Waals surface area contributed by atoms with Gasteiger partial charge in [0.1, 0.15) is 0 Å². The van der Waals surface area contributed by atoms with Gasteiger partial charge in [0.25, 0.3) is 5.56 Å². The second-order valence-electron chi connectivity index (χ2n) is 5.10. The topological polar surface area (TPSA) is 46.9 Å². The van der Waals surface area contributed by atoms with Crippen molar-refractivity contribution < 1.29 is 0 Å². The van der Waals surface area contributed by atoms with Crippen molar-refractivity contribution in [3.05, 3.63) is 45.1 Å². The maximum Gasteiger partial charge on any atom is 0.293 e. The molecule has 2 aromatic heterocycles. The average Bonchev–Trinajstić information content (AvgIpc) is 3.10. The standard InChI is InChI=1S/C14H17N3OS/c1-10(8-11-4-7-19-9-11)16-13-14(18)17(6-5-15-13)12-2-3-12/h4-7,9-10,12H,2-3,8H2,1H3,(H,15,16). The lowest BCUT2D eigenvalue weighted by molar-refractivity contribution is 0.692. The van der Waals surface area contributed by atoms with Gasteiger partial charge in [-0.3, -0.25) is 4.79 Å². The molecule has 1 saturated carbocycles. The van der Waals surface area contributed by atoms with Crippen LogP contribution in [0.15, 0.2) is 34.0 Å². The van der Waals surface area contributed by atoms with Crippen molar-refractivity contribution >= 4 is 17.2 Å². The number of hydrogen-bond acceptors (Lipinski definition) is 4. The van der Waals surface area contributed by atoms with Crippen LogP contribution in [0, 0.1) is 0 Å². The third kappa shape index (κ3) is 2.87. The van der Waals surface area contributed by atoms with Gasteiger partial charge < -0.3 is 9.88 Å². The number of hydrogen-bond donors (Lipinski definition) is 1. The molecule has 0 saturated heterocycles. The lowest BCUT2D eigenvalue weighted by atomic mass is 10.1. The molecule has 100 valence electrons. The van der Waals surface area contributed by atoms with Crippen LogP contribution in [0.2, 0.25) is 0 Å². The Labute approximate surface area is 116 Å². The minimum absolute atomic E-state index is 0.00201. The molecule has 19 heavy (non-hydrogen) atoms. The van der Waals surface area contributed by atoms with Crippen molar-refractivity contribution in [2.45, 2.75) is 38.3 Å². The smallest absolute Gasteiger partial charge is 0.293 e. The largest absolute Gasteiger partial charge is 0.363 e. The Morgan fingerprint density at radius 3 is 3.11 bits per heavy atom. The highest BCUT2D eigenvalue weighted by molar-refractivity contribution is 7.07. The second-order valence-corrected chi connectivity index (χ2v) is 5.88. The average molecular weight is 275 g/mol. The first-order chi connectivity index (χ1) is 9.24. The predicted octanol–water partition coefficient (Wildman–Crippen LogP) is 2.68. The number of nitrogens with zero attached hydrogens (tertiary/aromatic N) is 2. The summed E-state index contributed by atoms with van der Waals surface area (Å²) in [5.41, 5.74) is 1.30. The molecule has 4 nitrogen and oxygen atoms in total. The van der Waals surface area contributed by atoms with E-state index < -0.39 is 0 Å². The second kappa shape index (κ2) is 5.17. The Hall–Kier alpha value is -1.62. The Balaban J connectivity index is 1.72. The fraction of sp³-hybridized carbons (Fsp3) is 0.429. The van der Waals surface area contributed by atoms with Crippen LogP contribution in [0.25, 0.3) is 0 Å². The van der Waals surface area contributed by atoms with Gasteiger partial charge in [-0.15, -0.1) is 0 Å². The first-order valence-electron chi connectivity index (χ1n) is 6.59. The highest BCUT2D eigenvalue weighted by atomic mass is 32.1. The molecule has 1 atom stereocenters. The zero-order valence-corrected chi connectivity index (χ0v) is 11.7. The highest BCUT2D eigenvalue weighted by Crippen LogP contribution is 2.33. The molecule has 1 aliphatic rings. The van der Waals surface area contributed by atoms with Gasteiger partial charge in [0.15, 0.2) is 5.82 Å². The van der Waals surface area contributed by atoms with Crippen LogP contribution in [0.1, 0.15) is 31.4 Å². The molecule has 0 bridgehead atoms. The van der Waals surface area contributed by atoms with Crippen molar-refractivity contribution in [2.24, 2.45) is 0 Å². The molecule has 1 fully saturated rings. The van der Waals surface area contributed by atoms with E-state index in [4.69, 9.17) is 0 Å². The maximum atomic E-state index is 12.2. The Morgan fingerprint density at radius 2 is 2.42 bits per heavy atom. The number of thiophene rings is 1. The summed E-state index contributed by atoms with van der Waals surface area (Å²) < 4.78 is 1.80. The van der Waals surface area contributed by atoms with Crippen molar-refractivity contribution in [2.75, 3.05) is 5.32 Å². The molecule has 1 N–H and O–H groups in total. The van der Waals surface area contributed by atoms with Gasteiger partial charge in [0, 0.05) is 24.5 Å². The van der Waals surface area contributed by atoms with Gasteiger partial charge in [-0.2, -0.15) is 11.3 Å². The molecule has 0 spiro atoms. The summed E-state index contributed by atoms with van der Waals surface area (Å²) in [5, 5.41) is 7.44. The molecule has 1 unspecified atom stereocenters. The number of rotatable bonds is 5. The summed E-state index contributed by atoms with van der Waals surface area (Å²) in [4.78, 5) is 16.4. The lowest BCUT2D eigenvalue weighted by Gasteiger charge is -2.14. The van der Waals surface area contributed by atoms with Crippen LogP contribution >= 0.6 is 11.3 Å². The van der Waals surface area contributed by atoms with Crippen LogP contribution < -0.4 is 10.9 Å². The van der Waals surface area contributed by atoms with E-state index in [2.05, 4.69) is 34.1 Å². The molecule has 5 heteroatoms. The van der Waals surface area contributed by atoms with Gasteiger partial charge in [-0.05, 0) is 48.6 Å². The summed E-state index contributed by atoms with van der Waals surface area (Å²) in [6.45, 7) is 2.08. The van der Waals surface area contributed by atoms with E-state index in [-0.39, 0.29) is 11.6 Å². The van der Waals surface area contributed by atoms with E-state index in [1.807, 2.05) is 0 Å². The molecule has 0 amide bonds. The Kier molecular flexibility index (Phi) is 3.38. The third-order valence-electron chi connectivity index (χ3n) is 3.31. The molecule has 0 aromatic carbocycles. The summed E-state index contributed by atoms with van der Waals surface area (Å²) in [7, 11) is 0. The molecule has 2 aromatic rings. The summed E-state index contributed by atoms with van der Waals surface area (Å²) in [6.07, 6.45) is 6.61. The van der Waals surface area contributed by atoms with Crippen LogP contribution in [0.3, 0.4) is 0 Å². The summed E-state index contributed by atoms with van der Waals surface area (Å²) >= 11 is 1.70. The highest BCUT2D eigenvalue weighted by Gasteiger charge is 2.25. The van der Waals surface area contributed by atoms with Crippen molar-refractivity contribution in [3.63, 3.8) is 0 Å². The van der Waals surface area contributed by atoms with E-state index in [0.717, 1.165) is 19.3 Å². The van der Waals surface area contributed by atoms with Gasteiger partial charge in [-0.1, -0.05) is 0 Å². The third-order valence-corrected chi connectivity index (χ3v) is 4.05. The SMILES string of the molecule is CC(Cc1ccsc1)Nc1nccn(C2CC2)c1=O. The van der Waals surface area contributed by atoms with Crippen LogP contribution in [-0.2, 0) is 6.42 Å². The Morgan fingerprint density at radius 1 is 1.58 bits per heavy atom. The van der Waals surface area contributed by atoms with E-state index in [1.54, 1.807) is 28.3 Å². The van der Waals surface area contributed by atoms with Crippen LogP contribution in [-0.4, -0.2) is 15.6 Å². The van der Waals surface area contributed by atoms with Gasteiger partial charge in [0.2, 0.25) is 0 Å². The van der Waals surface area contributed by atoms with E-state index in [1.165, 1.54) is 5.56 Å². The van der Waals surface area contributed by atoms with Gasteiger partial charge >= 0.3 is 0 Å². The Bertz CT molecular complexity index is 601. The predicted molar refractivity (Wildman–Crippen MR) is 77.9 cm³/mol. The number of anilines is 1. The number of aromatic nitrogens is 2. The molecule has 0 radical (unpaired) electrons. The summed E-state index contributed by atoms with van der Waals surface area (Å²) in [5.74, 6) is 0.470. The fourth-order valence-corrected chi connectivity index (χ4v) is 2.89. The zero-order chi connectivity index (χ0) is 13.2. The minimum Gasteiger partial charge on any atom is -0.363 e. The molecule has 1 aliphatic carbocycles. The zero-order valence-electron chi connectivity index (χ0n) is 10.9. The van der Waals surface area contributed by atoms with Crippen LogP contribution in [0.4, 0.5) is 5.82 Å². The lowest BCUT2D eigenvalue weighted by Crippen LogP contribution is -2.28. The van der Waals surface area contributed by atoms with E-state index in [0.29, 0.717) is 11.9 Å².